The highest BCUT2D eigenvalue weighted by Crippen LogP contribution is 2.49. The molecule has 0 unspecified atom stereocenters. The zero-order chi connectivity index (χ0) is 17.9. The molecule has 3 heteroatoms. The van der Waals surface area contributed by atoms with Gasteiger partial charge in [0.15, 0.2) is 5.88 Å². The lowest BCUT2D eigenvalue weighted by Gasteiger charge is -2.22. The van der Waals surface area contributed by atoms with Crippen LogP contribution in [0.4, 0.5) is 0 Å². The highest BCUT2D eigenvalue weighted by molar-refractivity contribution is 7.77. The number of nitrogens with one attached hydrogen (secondary N) is 1. The van der Waals surface area contributed by atoms with Crippen molar-refractivity contribution in [1.82, 2.24) is 5.32 Å². The first-order valence-electron chi connectivity index (χ1n) is 9.16. The number of rotatable bonds is 4. The van der Waals surface area contributed by atoms with E-state index < -0.39 is 7.92 Å². The monoisotopic (exact) mass is 361 g/mol. The van der Waals surface area contributed by atoms with Gasteiger partial charge in [0, 0.05) is 5.57 Å². The quantitative estimate of drug-likeness (QED) is 0.814. The average molecular weight is 361 g/mol. The first-order chi connectivity index (χ1) is 12.7. The molecule has 1 aliphatic carbocycles. The Labute approximate surface area is 157 Å². The van der Waals surface area contributed by atoms with Gasteiger partial charge in [-0.15, -0.1) is 0 Å². The van der Waals surface area contributed by atoms with Gasteiger partial charge in [-0.3, -0.25) is 0 Å². The predicted molar refractivity (Wildman–Crippen MR) is 111 cm³/mol. The van der Waals surface area contributed by atoms with Gasteiger partial charge in [-0.25, -0.2) is 0 Å². The topological polar surface area (TPSA) is 21.3 Å². The molecule has 2 aromatic rings. The molecule has 1 fully saturated rings. The largest absolute Gasteiger partial charge is 0.477 e. The maximum absolute atomic E-state index is 6.05. The van der Waals surface area contributed by atoms with Crippen molar-refractivity contribution in [2.75, 3.05) is 6.61 Å². The minimum absolute atomic E-state index is 0.382. The van der Waals surface area contributed by atoms with E-state index in [1.807, 2.05) is 0 Å². The molecule has 0 spiro atoms. The molecule has 4 rings (SSSR count). The van der Waals surface area contributed by atoms with E-state index >= 15 is 0 Å². The number of allylic oxidation sites excluding steroid dienone is 5. The van der Waals surface area contributed by atoms with Crippen LogP contribution in [0.15, 0.2) is 95.7 Å². The molecule has 0 aromatic heterocycles. The molecular weight excluding hydrogens is 337 g/mol. The molecule has 2 aromatic carbocycles. The van der Waals surface area contributed by atoms with E-state index in [9.17, 15) is 0 Å². The van der Waals surface area contributed by atoms with Gasteiger partial charge >= 0.3 is 0 Å². The summed E-state index contributed by atoms with van der Waals surface area (Å²) in [7, 11) is -0.616. The van der Waals surface area contributed by atoms with Gasteiger partial charge in [0.25, 0.3) is 0 Å². The van der Waals surface area contributed by atoms with E-state index in [-0.39, 0.29) is 0 Å². The van der Waals surface area contributed by atoms with E-state index in [0.717, 1.165) is 12.5 Å². The van der Waals surface area contributed by atoms with E-state index in [4.69, 9.17) is 4.74 Å². The highest BCUT2D eigenvalue weighted by Gasteiger charge is 2.30. The molecule has 0 radical (unpaired) electrons. The van der Waals surface area contributed by atoms with Crippen molar-refractivity contribution in [2.24, 2.45) is 5.92 Å². The minimum atomic E-state index is -0.616. The van der Waals surface area contributed by atoms with Crippen LogP contribution in [0.3, 0.4) is 0 Å². The van der Waals surface area contributed by atoms with Crippen LogP contribution < -0.4 is 15.9 Å². The summed E-state index contributed by atoms with van der Waals surface area (Å²) in [5, 5.41) is 7.67. The maximum atomic E-state index is 6.05. The van der Waals surface area contributed by atoms with Crippen molar-refractivity contribution in [3.63, 3.8) is 0 Å². The van der Waals surface area contributed by atoms with Crippen LogP contribution in [0.5, 0.6) is 0 Å². The molecule has 0 bridgehead atoms. The Kier molecular flexibility index (Phi) is 4.95. The first-order valence-corrected chi connectivity index (χ1v) is 10.5. The second-order valence-electron chi connectivity index (χ2n) is 6.97. The van der Waals surface area contributed by atoms with E-state index in [0.29, 0.717) is 12.0 Å². The fraction of sp³-hybridized carbons (Fsp3) is 0.217. The van der Waals surface area contributed by atoms with Gasteiger partial charge in [0.05, 0.1) is 6.04 Å². The van der Waals surface area contributed by atoms with Crippen LogP contribution >= 0.6 is 7.92 Å². The molecule has 1 heterocycles. The van der Waals surface area contributed by atoms with E-state index in [2.05, 4.69) is 98.1 Å². The number of benzene rings is 2. The lowest BCUT2D eigenvalue weighted by molar-refractivity contribution is 0.242. The van der Waals surface area contributed by atoms with Crippen molar-refractivity contribution in [3.05, 3.63) is 95.7 Å². The van der Waals surface area contributed by atoms with Crippen LogP contribution in [0.25, 0.3) is 0 Å². The molecule has 1 saturated heterocycles. The summed E-state index contributed by atoms with van der Waals surface area (Å²) in [6.45, 7) is 5.21. The van der Waals surface area contributed by atoms with Gasteiger partial charge in [0.1, 0.15) is 6.61 Å². The molecule has 1 N–H and O–H groups in total. The lowest BCUT2D eigenvalue weighted by Crippen LogP contribution is -2.28. The van der Waals surface area contributed by atoms with E-state index in [1.54, 1.807) is 0 Å². The van der Waals surface area contributed by atoms with Crippen molar-refractivity contribution < 1.29 is 4.74 Å². The van der Waals surface area contributed by atoms with Crippen LogP contribution in [-0.4, -0.2) is 12.6 Å². The third-order valence-electron chi connectivity index (χ3n) is 4.84. The Morgan fingerprint density at radius 2 is 1.58 bits per heavy atom. The van der Waals surface area contributed by atoms with Gasteiger partial charge in [-0.2, -0.15) is 0 Å². The normalized spacial score (nSPS) is 21.8. The summed E-state index contributed by atoms with van der Waals surface area (Å²) >= 11 is 0. The van der Waals surface area contributed by atoms with Gasteiger partial charge in [0.2, 0.25) is 0 Å². The lowest BCUT2D eigenvalue weighted by atomic mass is 10.1. The summed E-state index contributed by atoms with van der Waals surface area (Å²) in [6.07, 6.45) is 6.58. The zero-order valence-corrected chi connectivity index (χ0v) is 16.1. The minimum Gasteiger partial charge on any atom is -0.477 e. The predicted octanol–water partition coefficient (Wildman–Crippen LogP) is 4.43. The number of ether oxygens (including phenoxy) is 1. The third kappa shape index (κ3) is 3.34. The standard InChI is InChI=1S/C23H24NOP/c1-17(2)21-16-25-23(24-21)20-14-9-15-22(20)26(18-10-5-3-6-11-18)19-12-7-4-8-13-19/h3-15,17,21,24H,16H2,1-2H3/t21-/m1/s1. The summed E-state index contributed by atoms with van der Waals surface area (Å²) in [5.74, 6) is 1.48. The van der Waals surface area contributed by atoms with Crippen LogP contribution in [0.1, 0.15) is 13.8 Å². The Hall–Kier alpha value is -2.31. The molecule has 0 amide bonds. The van der Waals surface area contributed by atoms with Gasteiger partial charge in [-0.1, -0.05) is 86.7 Å². The Morgan fingerprint density at radius 3 is 2.12 bits per heavy atom. The van der Waals surface area contributed by atoms with Crippen molar-refractivity contribution in [2.45, 2.75) is 19.9 Å². The molecule has 1 atom stereocenters. The Morgan fingerprint density at radius 1 is 0.962 bits per heavy atom. The third-order valence-corrected chi connectivity index (χ3v) is 7.34. The second kappa shape index (κ2) is 7.51. The SMILES string of the molecule is CC(C)[C@H]1COC(=C2C=CC=C2P(c2ccccc2)c2ccccc2)N1. The fourth-order valence-corrected chi connectivity index (χ4v) is 5.77. The Bertz CT molecular complexity index is 813. The van der Waals surface area contributed by atoms with Crippen molar-refractivity contribution in [1.29, 1.82) is 0 Å². The van der Waals surface area contributed by atoms with Crippen molar-refractivity contribution >= 4 is 18.5 Å². The zero-order valence-electron chi connectivity index (χ0n) is 15.2. The molecule has 2 nitrogen and oxygen atoms in total. The van der Waals surface area contributed by atoms with Crippen LogP contribution in [0.2, 0.25) is 0 Å². The Balaban J connectivity index is 1.75. The second-order valence-corrected chi connectivity index (χ2v) is 9.15. The smallest absolute Gasteiger partial charge is 0.195 e. The van der Waals surface area contributed by atoms with Crippen LogP contribution in [0, 0.1) is 5.92 Å². The summed E-state index contributed by atoms with van der Waals surface area (Å²) in [6, 6.07) is 22.0. The summed E-state index contributed by atoms with van der Waals surface area (Å²) in [4.78, 5) is 0. The van der Waals surface area contributed by atoms with Gasteiger partial charge < -0.3 is 10.1 Å². The number of hydrogen-bond donors (Lipinski definition) is 1. The summed E-state index contributed by atoms with van der Waals surface area (Å²) < 4.78 is 6.05. The molecule has 1 aliphatic heterocycles. The first kappa shape index (κ1) is 17.1. The van der Waals surface area contributed by atoms with Crippen molar-refractivity contribution in [3.8, 4) is 0 Å². The van der Waals surface area contributed by atoms with E-state index in [1.165, 1.54) is 21.5 Å². The molecular formula is C23H24NOP. The summed E-state index contributed by atoms with van der Waals surface area (Å²) in [5.41, 5.74) is 1.20. The maximum Gasteiger partial charge on any atom is 0.195 e. The molecule has 0 saturated carbocycles. The highest BCUT2D eigenvalue weighted by atomic mass is 31.1. The molecule has 26 heavy (non-hydrogen) atoms. The molecule has 2 aliphatic rings. The number of hydrogen-bond acceptors (Lipinski definition) is 2. The molecule has 132 valence electrons. The average Bonchev–Trinajstić information content (AvgIpc) is 3.33. The fourth-order valence-electron chi connectivity index (χ4n) is 3.32. The van der Waals surface area contributed by atoms with Gasteiger partial charge in [-0.05, 0) is 35.8 Å². The van der Waals surface area contributed by atoms with Crippen LogP contribution in [-0.2, 0) is 4.74 Å².